The number of nitro groups is 1. The molecule has 0 saturated carbocycles. The Balaban J connectivity index is 1.92. The molecule has 1 aromatic carbocycles. The van der Waals surface area contributed by atoms with Gasteiger partial charge in [-0.15, -0.1) is 0 Å². The van der Waals surface area contributed by atoms with Gasteiger partial charge in [-0.05, 0) is 43.7 Å². The molecule has 3 rings (SSSR count). The number of sulfonamides is 1. The van der Waals surface area contributed by atoms with E-state index in [2.05, 4.69) is 0 Å². The van der Waals surface area contributed by atoms with Crippen molar-refractivity contribution in [2.45, 2.75) is 43.6 Å². The standard InChI is InChI=1S/C17H25N3O5S/c1-13-3-2-8-19(12-13)26(24,25)15-4-5-16(17(11-15)20(22)23)18-9-6-14(21)7-10-18/h4-5,11,13-14,21H,2-3,6-10,12H2,1H3/t13-/m1/s1. The number of anilines is 1. The van der Waals surface area contributed by atoms with Crippen molar-refractivity contribution < 1.29 is 18.4 Å². The molecule has 2 aliphatic rings. The molecule has 0 aromatic heterocycles. The van der Waals surface area contributed by atoms with Gasteiger partial charge in [0.25, 0.3) is 5.69 Å². The Morgan fingerprint density at radius 2 is 1.88 bits per heavy atom. The summed E-state index contributed by atoms with van der Waals surface area (Å²) in [5.41, 5.74) is 0.209. The monoisotopic (exact) mass is 383 g/mol. The lowest BCUT2D eigenvalue weighted by atomic mass is 10.0. The second kappa shape index (κ2) is 7.50. The van der Waals surface area contributed by atoms with Crippen LogP contribution in [0.3, 0.4) is 0 Å². The highest BCUT2D eigenvalue weighted by Crippen LogP contribution is 2.34. The molecule has 2 heterocycles. The van der Waals surface area contributed by atoms with Crippen LogP contribution < -0.4 is 4.90 Å². The summed E-state index contributed by atoms with van der Waals surface area (Å²) in [5, 5.41) is 21.2. The van der Waals surface area contributed by atoms with Gasteiger partial charge in [-0.1, -0.05) is 6.92 Å². The van der Waals surface area contributed by atoms with Gasteiger partial charge in [0.1, 0.15) is 5.69 Å². The first kappa shape index (κ1) is 19.1. The first-order valence-corrected chi connectivity index (χ1v) is 10.4. The summed E-state index contributed by atoms with van der Waals surface area (Å²) in [6.45, 7) is 3.93. The predicted molar refractivity (Wildman–Crippen MR) is 97.7 cm³/mol. The van der Waals surface area contributed by atoms with Crippen LogP contribution in [0.1, 0.15) is 32.6 Å². The number of hydrogen-bond donors (Lipinski definition) is 1. The van der Waals surface area contributed by atoms with Crippen molar-refractivity contribution in [1.82, 2.24) is 4.31 Å². The Morgan fingerprint density at radius 1 is 1.19 bits per heavy atom. The Labute approximate surface area is 153 Å². The highest BCUT2D eigenvalue weighted by Gasteiger charge is 2.32. The van der Waals surface area contributed by atoms with Gasteiger partial charge in [0.2, 0.25) is 10.0 Å². The lowest BCUT2D eigenvalue weighted by molar-refractivity contribution is -0.384. The minimum atomic E-state index is -3.74. The SMILES string of the molecule is C[C@@H]1CCCN(S(=O)(=O)c2ccc(N3CCC(O)CC3)c([N+](=O)[O-])c2)C1. The summed E-state index contributed by atoms with van der Waals surface area (Å²) in [5.74, 6) is 0.285. The predicted octanol–water partition coefficient (Wildman–Crippen LogP) is 1.98. The van der Waals surface area contributed by atoms with E-state index in [1.807, 2.05) is 11.8 Å². The molecule has 0 radical (unpaired) electrons. The van der Waals surface area contributed by atoms with Crippen LogP contribution in [0.4, 0.5) is 11.4 Å². The molecule has 1 N–H and O–H groups in total. The van der Waals surface area contributed by atoms with Crippen LogP contribution in [0, 0.1) is 16.0 Å². The fourth-order valence-electron chi connectivity index (χ4n) is 3.70. The maximum absolute atomic E-state index is 12.9. The fraction of sp³-hybridized carbons (Fsp3) is 0.647. The van der Waals surface area contributed by atoms with Crippen LogP contribution in [0.2, 0.25) is 0 Å². The van der Waals surface area contributed by atoms with Crippen molar-refractivity contribution in [2.24, 2.45) is 5.92 Å². The normalized spacial score (nSPS) is 23.2. The maximum Gasteiger partial charge on any atom is 0.293 e. The van der Waals surface area contributed by atoms with Crippen LogP contribution in [0.15, 0.2) is 23.1 Å². The van der Waals surface area contributed by atoms with Crippen LogP contribution in [0.5, 0.6) is 0 Å². The number of nitrogens with zero attached hydrogens (tertiary/aromatic N) is 3. The summed E-state index contributed by atoms with van der Waals surface area (Å²) in [6.07, 6.45) is 2.50. The van der Waals surface area contributed by atoms with Crippen LogP contribution in [-0.2, 0) is 10.0 Å². The van der Waals surface area contributed by atoms with E-state index < -0.39 is 14.9 Å². The number of piperidine rings is 2. The largest absolute Gasteiger partial charge is 0.393 e. The topological polar surface area (TPSA) is 104 Å². The van der Waals surface area contributed by atoms with E-state index in [-0.39, 0.29) is 22.6 Å². The molecule has 8 nitrogen and oxygen atoms in total. The van der Waals surface area contributed by atoms with Gasteiger partial charge < -0.3 is 10.0 Å². The molecule has 2 saturated heterocycles. The van der Waals surface area contributed by atoms with E-state index in [0.29, 0.717) is 44.7 Å². The van der Waals surface area contributed by atoms with Crippen molar-refractivity contribution in [3.63, 3.8) is 0 Å². The van der Waals surface area contributed by atoms with E-state index in [1.54, 1.807) is 0 Å². The minimum absolute atomic E-state index is 0.0286. The number of nitro benzene ring substituents is 1. The molecule has 0 spiro atoms. The van der Waals surface area contributed by atoms with Gasteiger partial charge in [0, 0.05) is 32.2 Å². The summed E-state index contributed by atoms with van der Waals surface area (Å²) in [6, 6.07) is 4.16. The zero-order chi connectivity index (χ0) is 18.9. The van der Waals surface area contributed by atoms with Crippen molar-refractivity contribution >= 4 is 21.4 Å². The number of aliphatic hydroxyl groups is 1. The molecule has 26 heavy (non-hydrogen) atoms. The van der Waals surface area contributed by atoms with Gasteiger partial charge >= 0.3 is 0 Å². The molecule has 144 valence electrons. The maximum atomic E-state index is 12.9. The van der Waals surface area contributed by atoms with Crippen LogP contribution in [-0.4, -0.2) is 55.0 Å². The molecule has 0 unspecified atom stereocenters. The van der Waals surface area contributed by atoms with Crippen molar-refractivity contribution in [3.8, 4) is 0 Å². The van der Waals surface area contributed by atoms with Gasteiger partial charge in [-0.25, -0.2) is 8.42 Å². The Kier molecular flexibility index (Phi) is 5.50. The third kappa shape index (κ3) is 3.84. The fourth-order valence-corrected chi connectivity index (χ4v) is 5.32. The third-order valence-corrected chi connectivity index (χ3v) is 7.07. The first-order valence-electron chi connectivity index (χ1n) is 9.00. The van der Waals surface area contributed by atoms with Crippen LogP contribution >= 0.6 is 0 Å². The van der Waals surface area contributed by atoms with E-state index in [1.165, 1.54) is 22.5 Å². The molecule has 2 aliphatic heterocycles. The molecule has 9 heteroatoms. The summed E-state index contributed by atoms with van der Waals surface area (Å²) in [4.78, 5) is 12.8. The van der Waals surface area contributed by atoms with Crippen molar-refractivity contribution in [2.75, 3.05) is 31.1 Å². The summed E-state index contributed by atoms with van der Waals surface area (Å²) < 4.78 is 27.2. The molecular weight excluding hydrogens is 358 g/mol. The Morgan fingerprint density at radius 3 is 2.50 bits per heavy atom. The highest BCUT2D eigenvalue weighted by molar-refractivity contribution is 7.89. The third-order valence-electron chi connectivity index (χ3n) is 5.21. The van der Waals surface area contributed by atoms with E-state index in [0.717, 1.165) is 12.8 Å². The summed E-state index contributed by atoms with van der Waals surface area (Å²) in [7, 11) is -3.74. The minimum Gasteiger partial charge on any atom is -0.393 e. The van der Waals surface area contributed by atoms with Gasteiger partial charge in [-0.2, -0.15) is 4.31 Å². The van der Waals surface area contributed by atoms with E-state index >= 15 is 0 Å². The lowest BCUT2D eigenvalue weighted by Gasteiger charge is -2.32. The van der Waals surface area contributed by atoms with E-state index in [4.69, 9.17) is 0 Å². The Bertz CT molecular complexity index is 775. The molecule has 0 amide bonds. The van der Waals surface area contributed by atoms with Crippen molar-refractivity contribution in [3.05, 3.63) is 28.3 Å². The first-order chi connectivity index (χ1) is 12.3. The number of rotatable bonds is 4. The average molecular weight is 383 g/mol. The van der Waals surface area contributed by atoms with Gasteiger partial charge in [-0.3, -0.25) is 10.1 Å². The smallest absolute Gasteiger partial charge is 0.293 e. The molecule has 1 aromatic rings. The molecule has 1 atom stereocenters. The van der Waals surface area contributed by atoms with Crippen molar-refractivity contribution in [1.29, 1.82) is 0 Å². The number of benzene rings is 1. The quantitative estimate of drug-likeness (QED) is 0.630. The Hall–Kier alpha value is -1.71. The van der Waals surface area contributed by atoms with E-state index in [9.17, 15) is 23.6 Å². The van der Waals surface area contributed by atoms with Gasteiger partial charge in [0.15, 0.2) is 0 Å². The van der Waals surface area contributed by atoms with Gasteiger partial charge in [0.05, 0.1) is 15.9 Å². The summed E-state index contributed by atoms with van der Waals surface area (Å²) >= 11 is 0. The average Bonchev–Trinajstić information content (AvgIpc) is 2.62. The molecule has 2 fully saturated rings. The molecule has 0 bridgehead atoms. The lowest BCUT2D eigenvalue weighted by Crippen LogP contribution is -2.39. The molecule has 0 aliphatic carbocycles. The number of aliphatic hydroxyl groups excluding tert-OH is 1. The molecular formula is C17H25N3O5S. The second-order valence-corrected chi connectivity index (χ2v) is 9.17. The highest BCUT2D eigenvalue weighted by atomic mass is 32.2. The second-order valence-electron chi connectivity index (χ2n) is 7.24. The zero-order valence-corrected chi connectivity index (χ0v) is 15.7. The zero-order valence-electron chi connectivity index (χ0n) is 14.9. The number of hydrogen-bond acceptors (Lipinski definition) is 6. The van der Waals surface area contributed by atoms with Crippen LogP contribution in [0.25, 0.3) is 0 Å².